The number of ether oxygens (including phenoxy) is 1. The minimum Gasteiger partial charge on any atom is -0.378 e. The van der Waals surface area contributed by atoms with Crippen LogP contribution in [0.3, 0.4) is 0 Å². The van der Waals surface area contributed by atoms with E-state index < -0.39 is 0 Å². The van der Waals surface area contributed by atoms with Gasteiger partial charge in [-0.3, -0.25) is 4.79 Å². The van der Waals surface area contributed by atoms with Gasteiger partial charge in [0.15, 0.2) is 0 Å². The van der Waals surface area contributed by atoms with Gasteiger partial charge in [-0.15, -0.1) is 11.8 Å². The lowest BCUT2D eigenvalue weighted by atomic mass is 10.1. The van der Waals surface area contributed by atoms with Crippen LogP contribution in [0.25, 0.3) is 0 Å². The first-order valence-corrected chi connectivity index (χ1v) is 10.3. The average molecular weight is 386 g/mol. The van der Waals surface area contributed by atoms with Gasteiger partial charge < -0.3 is 15.0 Å². The molecule has 0 unspecified atom stereocenters. The Morgan fingerprint density at radius 2 is 1.93 bits per heavy atom. The van der Waals surface area contributed by atoms with Crippen molar-refractivity contribution >= 4 is 29.0 Å². The van der Waals surface area contributed by atoms with Crippen LogP contribution in [0.5, 0.6) is 0 Å². The Morgan fingerprint density at radius 1 is 1.11 bits per heavy atom. The minimum absolute atomic E-state index is 0.126. The maximum atomic E-state index is 14.4. The van der Waals surface area contributed by atoms with Crippen molar-refractivity contribution in [3.8, 4) is 0 Å². The van der Waals surface area contributed by atoms with Crippen molar-refractivity contribution in [1.29, 1.82) is 0 Å². The number of thioether (sulfide) groups is 1. The molecule has 0 spiro atoms. The number of aryl methyl sites for hydroxylation is 2. The number of rotatable bonds is 5. The van der Waals surface area contributed by atoms with Crippen molar-refractivity contribution in [2.24, 2.45) is 0 Å². The first kappa shape index (κ1) is 18.3. The van der Waals surface area contributed by atoms with Gasteiger partial charge in [-0.2, -0.15) is 0 Å². The van der Waals surface area contributed by atoms with E-state index in [1.807, 2.05) is 4.90 Å². The fourth-order valence-electron chi connectivity index (χ4n) is 3.63. The first-order valence-electron chi connectivity index (χ1n) is 9.36. The van der Waals surface area contributed by atoms with Crippen molar-refractivity contribution < 1.29 is 13.9 Å². The van der Waals surface area contributed by atoms with Gasteiger partial charge >= 0.3 is 0 Å². The highest BCUT2D eigenvalue weighted by Gasteiger charge is 2.16. The molecule has 1 heterocycles. The van der Waals surface area contributed by atoms with Crippen LogP contribution in [0.15, 0.2) is 41.3 Å². The number of fused-ring (bicyclic) bond motifs is 1. The maximum absolute atomic E-state index is 14.4. The number of carbonyl (C=O) groups is 1. The van der Waals surface area contributed by atoms with E-state index in [-0.39, 0.29) is 11.7 Å². The van der Waals surface area contributed by atoms with Crippen molar-refractivity contribution in [3.05, 3.63) is 53.3 Å². The Morgan fingerprint density at radius 3 is 2.74 bits per heavy atom. The monoisotopic (exact) mass is 386 g/mol. The quantitative estimate of drug-likeness (QED) is 0.792. The maximum Gasteiger partial charge on any atom is 0.234 e. The molecule has 0 bridgehead atoms. The molecule has 2 aliphatic rings. The zero-order valence-corrected chi connectivity index (χ0v) is 16.0. The summed E-state index contributed by atoms with van der Waals surface area (Å²) in [6.45, 7) is 2.58. The molecule has 1 saturated heterocycles. The van der Waals surface area contributed by atoms with Crippen molar-refractivity contribution in [2.45, 2.75) is 24.2 Å². The van der Waals surface area contributed by atoms with Gasteiger partial charge in [0.05, 0.1) is 24.7 Å². The summed E-state index contributed by atoms with van der Waals surface area (Å²) in [7, 11) is 0. The Kier molecular flexibility index (Phi) is 5.64. The number of amides is 1. The number of nitrogens with one attached hydrogen (secondary N) is 1. The summed E-state index contributed by atoms with van der Waals surface area (Å²) >= 11 is 1.52. The molecule has 0 aromatic heterocycles. The number of carbonyl (C=O) groups excluding carboxylic acids is 1. The van der Waals surface area contributed by atoms with Crippen molar-refractivity contribution in [1.82, 2.24) is 0 Å². The van der Waals surface area contributed by atoms with Crippen LogP contribution in [-0.4, -0.2) is 38.0 Å². The van der Waals surface area contributed by atoms with E-state index in [1.54, 1.807) is 12.1 Å². The number of halogens is 1. The third kappa shape index (κ3) is 4.45. The second kappa shape index (κ2) is 8.31. The summed E-state index contributed by atoms with van der Waals surface area (Å²) in [5.41, 5.74) is 3.88. The van der Waals surface area contributed by atoms with Crippen molar-refractivity contribution in [3.63, 3.8) is 0 Å². The number of hydrogen-bond acceptors (Lipinski definition) is 4. The number of anilines is 2. The molecule has 1 fully saturated rings. The SMILES string of the molecule is O=C(CSc1ccc2c(c1)CCC2)Nc1ccc(N2CCOCC2)c(F)c1. The van der Waals surface area contributed by atoms with Gasteiger partial charge in [0.1, 0.15) is 5.82 Å². The van der Waals surface area contributed by atoms with Crippen LogP contribution >= 0.6 is 11.8 Å². The fourth-order valence-corrected chi connectivity index (χ4v) is 4.39. The molecule has 1 amide bonds. The lowest BCUT2D eigenvalue weighted by molar-refractivity contribution is -0.113. The van der Waals surface area contributed by atoms with Crippen LogP contribution in [0.1, 0.15) is 17.5 Å². The van der Waals surface area contributed by atoms with E-state index in [0.717, 1.165) is 17.7 Å². The second-order valence-corrected chi connectivity index (χ2v) is 7.94. The smallest absolute Gasteiger partial charge is 0.234 e. The zero-order valence-electron chi connectivity index (χ0n) is 15.2. The molecule has 1 N–H and O–H groups in total. The minimum atomic E-state index is -0.319. The molecule has 0 radical (unpaired) electrons. The Bertz CT molecular complexity index is 837. The summed E-state index contributed by atoms with van der Waals surface area (Å²) in [6.07, 6.45) is 3.51. The first-order chi connectivity index (χ1) is 13.2. The van der Waals surface area contributed by atoms with E-state index in [0.29, 0.717) is 43.4 Å². The molecule has 1 aliphatic heterocycles. The standard InChI is InChI=1S/C21H23FN2O2S/c22-19-13-17(5-7-20(19)24-8-10-26-11-9-24)23-21(25)14-27-18-6-4-15-2-1-3-16(15)12-18/h4-7,12-13H,1-3,8-11,14H2,(H,23,25). The van der Waals surface area contributed by atoms with E-state index in [2.05, 4.69) is 23.5 Å². The molecular formula is C21H23FN2O2S. The largest absolute Gasteiger partial charge is 0.378 e. The van der Waals surface area contributed by atoms with Crippen LogP contribution in [-0.2, 0) is 22.4 Å². The highest BCUT2D eigenvalue weighted by atomic mass is 32.2. The molecule has 2 aromatic carbocycles. The highest BCUT2D eigenvalue weighted by molar-refractivity contribution is 8.00. The van der Waals surface area contributed by atoms with E-state index in [4.69, 9.17) is 4.74 Å². The van der Waals surface area contributed by atoms with Crippen LogP contribution < -0.4 is 10.2 Å². The van der Waals surface area contributed by atoms with Crippen molar-refractivity contribution in [2.75, 3.05) is 42.3 Å². The fraction of sp³-hybridized carbons (Fsp3) is 0.381. The Balaban J connectivity index is 1.33. The second-order valence-electron chi connectivity index (χ2n) is 6.89. The summed E-state index contributed by atoms with van der Waals surface area (Å²) < 4.78 is 19.7. The number of morpholine rings is 1. The third-order valence-electron chi connectivity index (χ3n) is 5.02. The predicted octanol–water partition coefficient (Wildman–Crippen LogP) is 3.88. The zero-order chi connectivity index (χ0) is 18.6. The summed E-state index contributed by atoms with van der Waals surface area (Å²) in [5, 5.41) is 2.79. The molecule has 0 atom stereocenters. The normalized spacial score (nSPS) is 16.3. The summed E-state index contributed by atoms with van der Waals surface area (Å²) in [4.78, 5) is 15.3. The van der Waals surface area contributed by atoms with E-state index in [9.17, 15) is 9.18 Å². The number of hydrogen-bond donors (Lipinski definition) is 1. The highest BCUT2D eigenvalue weighted by Crippen LogP contribution is 2.28. The molecular weight excluding hydrogens is 363 g/mol. The lowest BCUT2D eigenvalue weighted by Gasteiger charge is -2.29. The van der Waals surface area contributed by atoms with Gasteiger partial charge in [-0.05, 0) is 60.7 Å². The molecule has 2 aromatic rings. The molecule has 6 heteroatoms. The Labute approximate surface area is 163 Å². The molecule has 4 nitrogen and oxygen atoms in total. The average Bonchev–Trinajstić information content (AvgIpc) is 3.15. The van der Waals surface area contributed by atoms with Gasteiger partial charge in [0.25, 0.3) is 0 Å². The van der Waals surface area contributed by atoms with Gasteiger partial charge in [0, 0.05) is 23.7 Å². The molecule has 4 rings (SSSR count). The molecule has 27 heavy (non-hydrogen) atoms. The van der Waals surface area contributed by atoms with Crippen LogP contribution in [0.2, 0.25) is 0 Å². The van der Waals surface area contributed by atoms with E-state index in [1.165, 1.54) is 35.4 Å². The van der Waals surface area contributed by atoms with Crippen LogP contribution in [0.4, 0.5) is 15.8 Å². The van der Waals surface area contributed by atoms with Crippen LogP contribution in [0, 0.1) is 5.82 Å². The Hall–Kier alpha value is -2.05. The third-order valence-corrected chi connectivity index (χ3v) is 6.02. The molecule has 142 valence electrons. The topological polar surface area (TPSA) is 41.6 Å². The number of nitrogens with zero attached hydrogens (tertiary/aromatic N) is 1. The molecule has 0 saturated carbocycles. The summed E-state index contributed by atoms with van der Waals surface area (Å²) in [5.74, 6) is -0.133. The van der Waals surface area contributed by atoms with E-state index >= 15 is 0 Å². The summed E-state index contributed by atoms with van der Waals surface area (Å²) in [6, 6.07) is 11.3. The predicted molar refractivity (Wildman–Crippen MR) is 107 cm³/mol. The lowest BCUT2D eigenvalue weighted by Crippen LogP contribution is -2.36. The van der Waals surface area contributed by atoms with Gasteiger partial charge in [0.2, 0.25) is 5.91 Å². The van der Waals surface area contributed by atoms with Gasteiger partial charge in [-0.25, -0.2) is 4.39 Å². The number of benzene rings is 2. The van der Waals surface area contributed by atoms with Gasteiger partial charge in [-0.1, -0.05) is 6.07 Å². The molecule has 1 aliphatic carbocycles.